The Balaban J connectivity index is 2.98. The van der Waals surface area contributed by atoms with Crippen LogP contribution in [-0.4, -0.2) is 31.3 Å². The first-order valence-corrected chi connectivity index (χ1v) is 4.91. The van der Waals surface area contributed by atoms with Crippen LogP contribution in [0.25, 0.3) is 0 Å². The van der Waals surface area contributed by atoms with E-state index in [9.17, 15) is 9.90 Å². The third-order valence-electron chi connectivity index (χ3n) is 2.21. The molecule has 15 heavy (non-hydrogen) atoms. The number of hydrogen-bond acceptors (Lipinski definition) is 3. The van der Waals surface area contributed by atoms with E-state index in [1.54, 1.807) is 4.57 Å². The molecular formula is C9H13ClN2O3. The lowest BCUT2D eigenvalue weighted by Crippen LogP contribution is -2.37. The summed E-state index contributed by atoms with van der Waals surface area (Å²) >= 11 is 5.80. The molecule has 0 aliphatic carbocycles. The second-order valence-corrected chi connectivity index (χ2v) is 3.88. The number of hydrogen-bond donors (Lipinski definition) is 2. The van der Waals surface area contributed by atoms with E-state index in [0.29, 0.717) is 12.2 Å². The van der Waals surface area contributed by atoms with Gasteiger partial charge in [0.05, 0.1) is 12.0 Å². The first kappa shape index (κ1) is 12.0. The van der Waals surface area contributed by atoms with Gasteiger partial charge in [0.25, 0.3) is 0 Å². The Morgan fingerprint density at radius 2 is 2.33 bits per heavy atom. The van der Waals surface area contributed by atoms with Gasteiger partial charge in [0.15, 0.2) is 5.60 Å². The molecular weight excluding hydrogens is 220 g/mol. The molecule has 1 atom stereocenters. The molecule has 5 nitrogen and oxygen atoms in total. The molecule has 1 heterocycles. The van der Waals surface area contributed by atoms with Gasteiger partial charge in [-0.15, -0.1) is 0 Å². The highest BCUT2D eigenvalue weighted by atomic mass is 35.5. The summed E-state index contributed by atoms with van der Waals surface area (Å²) in [6.45, 7) is 3.75. The number of carbonyl (C=O) groups is 1. The van der Waals surface area contributed by atoms with Crippen molar-refractivity contribution in [2.45, 2.75) is 32.4 Å². The van der Waals surface area contributed by atoms with Gasteiger partial charge in [-0.05, 0) is 13.8 Å². The van der Waals surface area contributed by atoms with Gasteiger partial charge in [-0.1, -0.05) is 11.6 Å². The third-order valence-corrected chi connectivity index (χ3v) is 2.52. The highest BCUT2D eigenvalue weighted by Crippen LogP contribution is 2.20. The lowest BCUT2D eigenvalue weighted by Gasteiger charge is -2.18. The predicted molar refractivity (Wildman–Crippen MR) is 54.9 cm³/mol. The van der Waals surface area contributed by atoms with Crippen LogP contribution in [0.5, 0.6) is 0 Å². The topological polar surface area (TPSA) is 75.3 Å². The second kappa shape index (κ2) is 4.20. The van der Waals surface area contributed by atoms with Gasteiger partial charge < -0.3 is 14.8 Å². The lowest BCUT2D eigenvalue weighted by molar-refractivity contribution is -0.156. The van der Waals surface area contributed by atoms with Crippen molar-refractivity contribution in [3.8, 4) is 0 Å². The maximum Gasteiger partial charge on any atom is 0.335 e. The number of aliphatic carboxylic acids is 1. The van der Waals surface area contributed by atoms with E-state index in [1.165, 1.54) is 13.3 Å². The smallest absolute Gasteiger partial charge is 0.335 e. The van der Waals surface area contributed by atoms with Crippen LogP contribution in [0.15, 0.2) is 6.33 Å². The molecule has 0 aromatic carbocycles. The average Bonchev–Trinajstić information content (AvgIpc) is 2.47. The van der Waals surface area contributed by atoms with Gasteiger partial charge in [0.1, 0.15) is 5.15 Å². The van der Waals surface area contributed by atoms with Crippen LogP contribution >= 0.6 is 11.6 Å². The summed E-state index contributed by atoms with van der Waals surface area (Å²) in [4.78, 5) is 14.6. The standard InChI is InChI=1S/C9H13ClN2O3/c1-3-12-5-11-7(10)6(12)4-9(2,15)8(13)14/h5,15H,3-4H2,1-2H3,(H,13,14). The predicted octanol–water partition coefficient (Wildman–Crippen LogP) is 0.934. The van der Waals surface area contributed by atoms with E-state index in [4.69, 9.17) is 16.7 Å². The fourth-order valence-electron chi connectivity index (χ4n) is 1.23. The van der Waals surface area contributed by atoms with E-state index in [1.807, 2.05) is 6.92 Å². The molecule has 0 saturated heterocycles. The van der Waals surface area contributed by atoms with Gasteiger partial charge >= 0.3 is 5.97 Å². The SMILES string of the molecule is CCn1cnc(Cl)c1CC(C)(O)C(=O)O. The number of carboxylic acid groups (broad SMARTS) is 1. The van der Waals surface area contributed by atoms with Crippen LogP contribution in [0.1, 0.15) is 19.5 Å². The molecule has 1 rings (SSSR count). The normalized spacial score (nSPS) is 14.9. The molecule has 0 bridgehead atoms. The van der Waals surface area contributed by atoms with Crippen LogP contribution in [0.2, 0.25) is 5.15 Å². The highest BCUT2D eigenvalue weighted by molar-refractivity contribution is 6.30. The monoisotopic (exact) mass is 232 g/mol. The number of aryl methyl sites for hydroxylation is 1. The molecule has 0 amide bonds. The minimum absolute atomic E-state index is 0.0605. The Morgan fingerprint density at radius 1 is 1.73 bits per heavy atom. The minimum Gasteiger partial charge on any atom is -0.479 e. The first-order valence-electron chi connectivity index (χ1n) is 4.53. The van der Waals surface area contributed by atoms with Crippen LogP contribution in [0, 0.1) is 0 Å². The van der Waals surface area contributed by atoms with E-state index in [-0.39, 0.29) is 11.6 Å². The highest BCUT2D eigenvalue weighted by Gasteiger charge is 2.32. The molecule has 0 spiro atoms. The zero-order valence-electron chi connectivity index (χ0n) is 8.57. The number of aliphatic hydroxyl groups is 1. The molecule has 0 radical (unpaired) electrons. The fraction of sp³-hybridized carbons (Fsp3) is 0.556. The lowest BCUT2D eigenvalue weighted by atomic mass is 10.0. The Morgan fingerprint density at radius 3 is 2.80 bits per heavy atom. The van der Waals surface area contributed by atoms with Crippen molar-refractivity contribution < 1.29 is 15.0 Å². The fourth-order valence-corrected chi connectivity index (χ4v) is 1.45. The van der Waals surface area contributed by atoms with E-state index >= 15 is 0 Å². The summed E-state index contributed by atoms with van der Waals surface area (Å²) in [5.41, 5.74) is -1.29. The van der Waals surface area contributed by atoms with Crippen molar-refractivity contribution in [1.82, 2.24) is 9.55 Å². The maximum atomic E-state index is 10.7. The van der Waals surface area contributed by atoms with E-state index in [0.717, 1.165) is 0 Å². The molecule has 84 valence electrons. The van der Waals surface area contributed by atoms with Gasteiger partial charge in [-0.2, -0.15) is 0 Å². The van der Waals surface area contributed by atoms with Gasteiger partial charge in [0, 0.05) is 13.0 Å². The molecule has 0 fully saturated rings. The molecule has 0 aliphatic rings. The van der Waals surface area contributed by atoms with Crippen molar-refractivity contribution in [1.29, 1.82) is 0 Å². The Hall–Kier alpha value is -1.07. The molecule has 0 aliphatic heterocycles. The largest absolute Gasteiger partial charge is 0.479 e. The van der Waals surface area contributed by atoms with Gasteiger partial charge in [-0.25, -0.2) is 9.78 Å². The number of imidazole rings is 1. The summed E-state index contributed by atoms with van der Waals surface area (Å²) in [5.74, 6) is -1.28. The summed E-state index contributed by atoms with van der Waals surface area (Å²) in [6, 6.07) is 0. The van der Waals surface area contributed by atoms with Crippen molar-refractivity contribution in [3.05, 3.63) is 17.2 Å². The number of nitrogens with zero attached hydrogens (tertiary/aromatic N) is 2. The molecule has 1 aromatic rings. The van der Waals surface area contributed by atoms with Crippen LogP contribution in [0.4, 0.5) is 0 Å². The number of aromatic nitrogens is 2. The number of carboxylic acids is 1. The van der Waals surface area contributed by atoms with Crippen molar-refractivity contribution in [2.24, 2.45) is 0 Å². The molecule has 1 aromatic heterocycles. The average molecular weight is 233 g/mol. The molecule has 0 saturated carbocycles. The molecule has 2 N–H and O–H groups in total. The number of halogens is 1. The summed E-state index contributed by atoms with van der Waals surface area (Å²) < 4.78 is 1.71. The van der Waals surface area contributed by atoms with Gasteiger partial charge in [-0.3, -0.25) is 0 Å². The van der Waals surface area contributed by atoms with E-state index in [2.05, 4.69) is 4.98 Å². The third kappa shape index (κ3) is 2.49. The van der Waals surface area contributed by atoms with Crippen LogP contribution in [0.3, 0.4) is 0 Å². The summed E-state index contributed by atoms with van der Waals surface area (Å²) in [6.07, 6.45) is 1.46. The number of rotatable bonds is 4. The zero-order chi connectivity index (χ0) is 11.6. The van der Waals surface area contributed by atoms with Crippen molar-refractivity contribution >= 4 is 17.6 Å². The summed E-state index contributed by atoms with van der Waals surface area (Å²) in [7, 11) is 0. The molecule has 1 unspecified atom stereocenters. The maximum absolute atomic E-state index is 10.7. The minimum atomic E-state index is -1.82. The Kier molecular flexibility index (Phi) is 3.36. The Bertz CT molecular complexity index is 373. The summed E-state index contributed by atoms with van der Waals surface area (Å²) in [5, 5.41) is 18.6. The van der Waals surface area contributed by atoms with Crippen LogP contribution in [-0.2, 0) is 17.8 Å². The van der Waals surface area contributed by atoms with E-state index < -0.39 is 11.6 Å². The molecule has 6 heteroatoms. The Labute approximate surface area is 92.3 Å². The quantitative estimate of drug-likeness (QED) is 0.810. The van der Waals surface area contributed by atoms with Crippen molar-refractivity contribution in [3.63, 3.8) is 0 Å². The zero-order valence-corrected chi connectivity index (χ0v) is 9.32. The van der Waals surface area contributed by atoms with Crippen molar-refractivity contribution in [2.75, 3.05) is 0 Å². The first-order chi connectivity index (χ1) is 6.88. The second-order valence-electron chi connectivity index (χ2n) is 3.52. The van der Waals surface area contributed by atoms with Gasteiger partial charge in [0.2, 0.25) is 0 Å². The van der Waals surface area contributed by atoms with Crippen LogP contribution < -0.4 is 0 Å².